The SMILES string of the molecule is COCc1cc(C(C)C)nc(C2CCCNC2)n1. The maximum Gasteiger partial charge on any atom is 0.133 e. The molecule has 1 saturated heterocycles. The van der Waals surface area contributed by atoms with Crippen molar-refractivity contribution < 1.29 is 4.74 Å². The van der Waals surface area contributed by atoms with Crippen LogP contribution in [-0.2, 0) is 11.3 Å². The number of hydrogen-bond donors (Lipinski definition) is 1. The van der Waals surface area contributed by atoms with Gasteiger partial charge in [-0.05, 0) is 31.4 Å². The first-order chi connectivity index (χ1) is 8.70. The minimum Gasteiger partial charge on any atom is -0.378 e. The average Bonchev–Trinajstić information content (AvgIpc) is 2.40. The van der Waals surface area contributed by atoms with Crippen LogP contribution in [0.2, 0.25) is 0 Å². The first kappa shape index (κ1) is 13.4. The smallest absolute Gasteiger partial charge is 0.133 e. The lowest BCUT2D eigenvalue weighted by atomic mass is 9.98. The fourth-order valence-corrected chi connectivity index (χ4v) is 2.31. The van der Waals surface area contributed by atoms with Crippen molar-refractivity contribution in [2.45, 2.75) is 45.1 Å². The number of hydrogen-bond acceptors (Lipinski definition) is 4. The summed E-state index contributed by atoms with van der Waals surface area (Å²) in [4.78, 5) is 9.39. The van der Waals surface area contributed by atoms with E-state index < -0.39 is 0 Å². The third-order valence-corrected chi connectivity index (χ3v) is 3.36. The summed E-state index contributed by atoms with van der Waals surface area (Å²) in [6, 6.07) is 2.06. The number of rotatable bonds is 4. The molecule has 0 radical (unpaired) electrons. The van der Waals surface area contributed by atoms with Gasteiger partial charge in [-0.15, -0.1) is 0 Å². The van der Waals surface area contributed by atoms with Gasteiger partial charge in [-0.2, -0.15) is 0 Å². The number of piperidine rings is 1. The monoisotopic (exact) mass is 249 g/mol. The molecule has 4 heteroatoms. The maximum atomic E-state index is 5.20. The first-order valence-corrected chi connectivity index (χ1v) is 6.78. The zero-order valence-corrected chi connectivity index (χ0v) is 11.6. The Balaban J connectivity index is 2.26. The third-order valence-electron chi connectivity index (χ3n) is 3.36. The molecular formula is C14H23N3O. The summed E-state index contributed by atoms with van der Waals surface area (Å²) < 4.78 is 5.20. The van der Waals surface area contributed by atoms with Gasteiger partial charge in [0.15, 0.2) is 0 Å². The van der Waals surface area contributed by atoms with Gasteiger partial charge < -0.3 is 10.1 Å². The van der Waals surface area contributed by atoms with E-state index in [1.165, 1.54) is 12.8 Å². The van der Waals surface area contributed by atoms with Crippen LogP contribution in [0.4, 0.5) is 0 Å². The molecule has 0 spiro atoms. The van der Waals surface area contributed by atoms with Crippen LogP contribution < -0.4 is 5.32 Å². The highest BCUT2D eigenvalue weighted by Gasteiger charge is 2.19. The summed E-state index contributed by atoms with van der Waals surface area (Å²) in [6.45, 7) is 7.01. The summed E-state index contributed by atoms with van der Waals surface area (Å²) in [5.41, 5.74) is 2.12. The number of ether oxygens (including phenoxy) is 1. The van der Waals surface area contributed by atoms with Crippen molar-refractivity contribution in [2.75, 3.05) is 20.2 Å². The van der Waals surface area contributed by atoms with Crippen molar-refractivity contribution in [1.29, 1.82) is 0 Å². The average molecular weight is 249 g/mol. The van der Waals surface area contributed by atoms with E-state index in [9.17, 15) is 0 Å². The van der Waals surface area contributed by atoms with Gasteiger partial charge in [-0.25, -0.2) is 9.97 Å². The molecule has 0 aliphatic carbocycles. The van der Waals surface area contributed by atoms with Crippen LogP contribution in [0.5, 0.6) is 0 Å². The van der Waals surface area contributed by atoms with Crippen LogP contribution in [0.1, 0.15) is 55.7 Å². The minimum atomic E-state index is 0.430. The van der Waals surface area contributed by atoms with Crippen molar-refractivity contribution in [2.24, 2.45) is 0 Å². The highest BCUT2D eigenvalue weighted by Crippen LogP contribution is 2.22. The molecule has 1 aromatic heterocycles. The fraction of sp³-hybridized carbons (Fsp3) is 0.714. The number of nitrogens with zero attached hydrogens (tertiary/aromatic N) is 2. The maximum absolute atomic E-state index is 5.20. The molecule has 1 atom stereocenters. The predicted octanol–water partition coefficient (Wildman–Crippen LogP) is 2.21. The molecule has 18 heavy (non-hydrogen) atoms. The second kappa shape index (κ2) is 6.25. The molecule has 100 valence electrons. The van der Waals surface area contributed by atoms with Crippen LogP contribution in [0.3, 0.4) is 0 Å². The normalized spacial score (nSPS) is 20.3. The largest absolute Gasteiger partial charge is 0.378 e. The second-order valence-corrected chi connectivity index (χ2v) is 5.27. The Hall–Kier alpha value is -1.00. The van der Waals surface area contributed by atoms with Gasteiger partial charge in [0.1, 0.15) is 5.82 Å². The summed E-state index contributed by atoms with van der Waals surface area (Å²) >= 11 is 0. The van der Waals surface area contributed by atoms with E-state index in [0.717, 1.165) is 30.3 Å². The molecule has 1 N–H and O–H groups in total. The lowest BCUT2D eigenvalue weighted by molar-refractivity contribution is 0.181. The van der Waals surface area contributed by atoms with Crippen molar-refractivity contribution >= 4 is 0 Å². The lowest BCUT2D eigenvalue weighted by Gasteiger charge is -2.22. The summed E-state index contributed by atoms with van der Waals surface area (Å²) in [6.07, 6.45) is 2.39. The number of nitrogens with one attached hydrogen (secondary N) is 1. The summed E-state index contributed by atoms with van der Waals surface area (Å²) in [5.74, 6) is 1.87. The summed E-state index contributed by atoms with van der Waals surface area (Å²) in [7, 11) is 1.71. The second-order valence-electron chi connectivity index (χ2n) is 5.27. The predicted molar refractivity (Wildman–Crippen MR) is 71.7 cm³/mol. The van der Waals surface area contributed by atoms with E-state index in [0.29, 0.717) is 18.4 Å². The van der Waals surface area contributed by atoms with Gasteiger partial charge in [0.25, 0.3) is 0 Å². The van der Waals surface area contributed by atoms with Crippen LogP contribution in [0.15, 0.2) is 6.07 Å². The van der Waals surface area contributed by atoms with Crippen LogP contribution in [0.25, 0.3) is 0 Å². The van der Waals surface area contributed by atoms with Crippen LogP contribution in [0, 0.1) is 0 Å². The molecule has 1 fully saturated rings. The molecule has 0 aromatic carbocycles. The van der Waals surface area contributed by atoms with Gasteiger partial charge in [0.2, 0.25) is 0 Å². The van der Waals surface area contributed by atoms with Gasteiger partial charge in [-0.1, -0.05) is 13.8 Å². The van der Waals surface area contributed by atoms with Gasteiger partial charge in [0.05, 0.1) is 12.3 Å². The molecule has 0 bridgehead atoms. The molecule has 2 rings (SSSR count). The Bertz CT molecular complexity index is 387. The lowest BCUT2D eigenvalue weighted by Crippen LogP contribution is -2.29. The first-order valence-electron chi connectivity index (χ1n) is 6.78. The highest BCUT2D eigenvalue weighted by molar-refractivity contribution is 5.16. The van der Waals surface area contributed by atoms with E-state index in [2.05, 4.69) is 30.2 Å². The zero-order chi connectivity index (χ0) is 13.0. The number of aromatic nitrogens is 2. The van der Waals surface area contributed by atoms with E-state index in [-0.39, 0.29) is 0 Å². The van der Waals surface area contributed by atoms with E-state index in [1.54, 1.807) is 7.11 Å². The highest BCUT2D eigenvalue weighted by atomic mass is 16.5. The van der Waals surface area contributed by atoms with E-state index in [4.69, 9.17) is 9.72 Å². The Labute approximate surface area is 109 Å². The molecule has 2 heterocycles. The molecule has 0 saturated carbocycles. The van der Waals surface area contributed by atoms with Crippen LogP contribution in [-0.4, -0.2) is 30.2 Å². The summed E-state index contributed by atoms with van der Waals surface area (Å²) in [5, 5.41) is 3.42. The fourth-order valence-electron chi connectivity index (χ4n) is 2.31. The van der Waals surface area contributed by atoms with Gasteiger partial charge >= 0.3 is 0 Å². The quantitative estimate of drug-likeness (QED) is 0.888. The molecular weight excluding hydrogens is 226 g/mol. The Morgan fingerprint density at radius 1 is 1.44 bits per heavy atom. The van der Waals surface area contributed by atoms with Crippen molar-refractivity contribution in [1.82, 2.24) is 15.3 Å². The molecule has 1 aromatic rings. The Morgan fingerprint density at radius 3 is 2.89 bits per heavy atom. The van der Waals surface area contributed by atoms with E-state index in [1.807, 2.05) is 0 Å². The Kier molecular flexibility index (Phi) is 4.66. The van der Waals surface area contributed by atoms with E-state index >= 15 is 0 Å². The molecule has 1 aliphatic rings. The minimum absolute atomic E-state index is 0.430. The molecule has 1 aliphatic heterocycles. The molecule has 1 unspecified atom stereocenters. The zero-order valence-electron chi connectivity index (χ0n) is 11.6. The van der Waals surface area contributed by atoms with Crippen molar-refractivity contribution in [3.63, 3.8) is 0 Å². The standard InChI is InChI=1S/C14H23N3O/c1-10(2)13-7-12(9-18-3)16-14(17-13)11-5-4-6-15-8-11/h7,10-11,15H,4-6,8-9H2,1-3H3. The van der Waals surface area contributed by atoms with Gasteiger partial charge in [0, 0.05) is 25.3 Å². The van der Waals surface area contributed by atoms with Crippen molar-refractivity contribution in [3.05, 3.63) is 23.3 Å². The van der Waals surface area contributed by atoms with Crippen LogP contribution >= 0.6 is 0 Å². The van der Waals surface area contributed by atoms with Gasteiger partial charge in [-0.3, -0.25) is 0 Å². The molecule has 0 amide bonds. The third kappa shape index (κ3) is 3.27. The van der Waals surface area contributed by atoms with Crippen molar-refractivity contribution in [3.8, 4) is 0 Å². The Morgan fingerprint density at radius 2 is 2.28 bits per heavy atom. The molecule has 4 nitrogen and oxygen atoms in total. The topological polar surface area (TPSA) is 47.0 Å². The number of methoxy groups -OCH3 is 1.